The highest BCUT2D eigenvalue weighted by Gasteiger charge is 2.30. The van der Waals surface area contributed by atoms with E-state index in [2.05, 4.69) is 16.0 Å². The van der Waals surface area contributed by atoms with Crippen molar-refractivity contribution in [3.8, 4) is 5.75 Å². The summed E-state index contributed by atoms with van der Waals surface area (Å²) in [6, 6.07) is 11.6. The maximum absolute atomic E-state index is 13.0. The van der Waals surface area contributed by atoms with E-state index in [1.165, 1.54) is 0 Å². The number of allylic oxidation sites excluding steroid dienone is 1. The minimum absolute atomic E-state index is 0.159. The zero-order valence-corrected chi connectivity index (χ0v) is 15.8. The number of phenolic OH excluding ortho intramolecular Hbond substituents is 1. The van der Waals surface area contributed by atoms with Crippen LogP contribution >= 0.6 is 23.8 Å². The first-order chi connectivity index (χ1) is 12.3. The normalized spacial score (nSPS) is 16.7. The molecule has 1 aliphatic heterocycles. The summed E-state index contributed by atoms with van der Waals surface area (Å²) in [6.45, 7) is 3.71. The number of carbonyl (C=O) groups is 1. The Balaban J connectivity index is 1.96. The fraction of sp³-hybridized carbons (Fsp3) is 0.158. The number of nitrogens with one attached hydrogen (secondary N) is 3. The second kappa shape index (κ2) is 7.35. The van der Waals surface area contributed by atoms with Gasteiger partial charge in [-0.3, -0.25) is 4.79 Å². The van der Waals surface area contributed by atoms with E-state index in [1.54, 1.807) is 43.3 Å². The molecule has 1 heterocycles. The highest BCUT2D eigenvalue weighted by molar-refractivity contribution is 7.80. The van der Waals surface area contributed by atoms with E-state index in [9.17, 15) is 9.90 Å². The van der Waals surface area contributed by atoms with Crippen molar-refractivity contribution in [3.05, 3.63) is 69.9 Å². The molecule has 26 heavy (non-hydrogen) atoms. The number of anilines is 1. The Labute approximate surface area is 162 Å². The lowest BCUT2D eigenvalue weighted by Gasteiger charge is -2.30. The molecule has 0 aromatic heterocycles. The van der Waals surface area contributed by atoms with Gasteiger partial charge in [0.15, 0.2) is 5.11 Å². The fourth-order valence-electron chi connectivity index (χ4n) is 2.83. The third kappa shape index (κ3) is 3.81. The molecule has 2 aromatic rings. The lowest BCUT2D eigenvalue weighted by molar-refractivity contribution is -0.113. The number of amides is 1. The van der Waals surface area contributed by atoms with Gasteiger partial charge in [0.05, 0.1) is 11.6 Å². The zero-order chi connectivity index (χ0) is 18.8. The number of benzene rings is 2. The van der Waals surface area contributed by atoms with Gasteiger partial charge in [-0.1, -0.05) is 29.8 Å². The van der Waals surface area contributed by atoms with Gasteiger partial charge in [0, 0.05) is 16.4 Å². The standard InChI is InChI=1S/C19H18ClN3O2S/c1-10-3-6-13(20)9-15(10)22-18(25)16-11(2)21-19(26)23-17(16)12-4-7-14(24)8-5-12/h3-9,17,24H,1-2H3,(H,22,25)(H2,21,23,26). The van der Waals surface area contributed by atoms with E-state index >= 15 is 0 Å². The van der Waals surface area contributed by atoms with Crippen molar-refractivity contribution in [2.75, 3.05) is 5.32 Å². The van der Waals surface area contributed by atoms with Crippen molar-refractivity contribution in [1.29, 1.82) is 0 Å². The van der Waals surface area contributed by atoms with Gasteiger partial charge in [0.2, 0.25) is 0 Å². The fourth-order valence-corrected chi connectivity index (χ4v) is 3.27. The Morgan fingerprint density at radius 2 is 1.88 bits per heavy atom. The number of phenols is 1. The Hall–Kier alpha value is -2.57. The zero-order valence-electron chi connectivity index (χ0n) is 14.3. The number of aromatic hydroxyl groups is 1. The molecule has 0 saturated carbocycles. The number of rotatable bonds is 3. The predicted octanol–water partition coefficient (Wildman–Crippen LogP) is 3.79. The third-order valence-corrected chi connectivity index (χ3v) is 4.64. The van der Waals surface area contributed by atoms with Gasteiger partial charge in [-0.15, -0.1) is 0 Å². The second-order valence-corrected chi connectivity index (χ2v) is 6.92. The molecule has 0 fully saturated rings. The van der Waals surface area contributed by atoms with Crippen molar-refractivity contribution < 1.29 is 9.90 Å². The average molecular weight is 388 g/mol. The Bertz CT molecular complexity index is 910. The van der Waals surface area contributed by atoms with Gasteiger partial charge < -0.3 is 21.1 Å². The number of aryl methyl sites for hydroxylation is 1. The molecule has 1 amide bonds. The SMILES string of the molecule is CC1=C(C(=O)Nc2cc(Cl)ccc2C)C(c2ccc(O)cc2)NC(=S)N1. The van der Waals surface area contributed by atoms with Gasteiger partial charge >= 0.3 is 0 Å². The molecule has 0 saturated heterocycles. The Kier molecular flexibility index (Phi) is 5.15. The third-order valence-electron chi connectivity index (χ3n) is 4.19. The summed E-state index contributed by atoms with van der Waals surface area (Å²) in [4.78, 5) is 13.0. The van der Waals surface area contributed by atoms with E-state index < -0.39 is 6.04 Å². The minimum atomic E-state index is -0.427. The summed E-state index contributed by atoms with van der Waals surface area (Å²) in [5, 5.41) is 19.6. The van der Waals surface area contributed by atoms with E-state index in [4.69, 9.17) is 23.8 Å². The lowest BCUT2D eigenvalue weighted by atomic mass is 9.94. The van der Waals surface area contributed by atoms with Gasteiger partial charge in [-0.2, -0.15) is 0 Å². The summed E-state index contributed by atoms with van der Waals surface area (Å²) in [6.07, 6.45) is 0. The summed E-state index contributed by atoms with van der Waals surface area (Å²) < 4.78 is 0. The molecule has 3 rings (SSSR count). The summed E-state index contributed by atoms with van der Waals surface area (Å²) in [5.74, 6) is -0.0973. The van der Waals surface area contributed by atoms with Crippen molar-refractivity contribution in [1.82, 2.24) is 10.6 Å². The van der Waals surface area contributed by atoms with Crippen molar-refractivity contribution in [2.45, 2.75) is 19.9 Å². The molecule has 0 spiro atoms. The maximum atomic E-state index is 13.0. The van der Waals surface area contributed by atoms with Crippen LogP contribution in [0.5, 0.6) is 5.75 Å². The van der Waals surface area contributed by atoms with E-state index in [0.29, 0.717) is 27.1 Å². The highest BCUT2D eigenvalue weighted by atomic mass is 35.5. The first kappa shape index (κ1) is 18.2. The number of hydrogen-bond donors (Lipinski definition) is 4. The van der Waals surface area contributed by atoms with Crippen molar-refractivity contribution in [2.24, 2.45) is 0 Å². The van der Waals surface area contributed by atoms with Crippen LogP contribution in [0.4, 0.5) is 5.69 Å². The molecule has 5 nitrogen and oxygen atoms in total. The van der Waals surface area contributed by atoms with Crippen LogP contribution in [0.15, 0.2) is 53.7 Å². The molecule has 134 valence electrons. The molecule has 0 aliphatic carbocycles. The number of thiocarbonyl (C=S) groups is 1. The summed E-state index contributed by atoms with van der Waals surface area (Å²) in [7, 11) is 0. The van der Waals surface area contributed by atoms with Crippen LogP contribution in [-0.2, 0) is 4.79 Å². The van der Waals surface area contributed by atoms with Crippen LogP contribution in [0.25, 0.3) is 0 Å². The van der Waals surface area contributed by atoms with Crippen molar-refractivity contribution >= 4 is 40.5 Å². The number of carbonyl (C=O) groups excluding carboxylic acids is 1. The summed E-state index contributed by atoms with van der Waals surface area (Å²) in [5.41, 5.74) is 3.57. The second-order valence-electron chi connectivity index (χ2n) is 6.08. The number of halogens is 1. The largest absolute Gasteiger partial charge is 0.508 e. The van der Waals surface area contributed by atoms with Crippen LogP contribution in [0.3, 0.4) is 0 Å². The van der Waals surface area contributed by atoms with Gasteiger partial charge in [0.25, 0.3) is 5.91 Å². The van der Waals surface area contributed by atoms with E-state index in [-0.39, 0.29) is 11.7 Å². The maximum Gasteiger partial charge on any atom is 0.255 e. The van der Waals surface area contributed by atoms with Crippen LogP contribution in [0.1, 0.15) is 24.1 Å². The first-order valence-electron chi connectivity index (χ1n) is 8.00. The number of hydrogen-bond acceptors (Lipinski definition) is 3. The van der Waals surface area contributed by atoms with Crippen LogP contribution in [-0.4, -0.2) is 16.1 Å². The molecular formula is C19H18ClN3O2S. The van der Waals surface area contributed by atoms with Gasteiger partial charge in [-0.25, -0.2) is 0 Å². The minimum Gasteiger partial charge on any atom is -0.508 e. The van der Waals surface area contributed by atoms with Gasteiger partial charge in [0.1, 0.15) is 5.75 Å². The van der Waals surface area contributed by atoms with Gasteiger partial charge in [-0.05, 0) is 61.5 Å². The topological polar surface area (TPSA) is 73.4 Å². The molecule has 0 radical (unpaired) electrons. The predicted molar refractivity (Wildman–Crippen MR) is 107 cm³/mol. The summed E-state index contributed by atoms with van der Waals surface area (Å²) >= 11 is 11.3. The highest BCUT2D eigenvalue weighted by Crippen LogP contribution is 2.29. The molecule has 1 atom stereocenters. The molecule has 1 unspecified atom stereocenters. The Morgan fingerprint density at radius 3 is 2.58 bits per heavy atom. The molecule has 1 aliphatic rings. The van der Waals surface area contributed by atoms with Crippen LogP contribution in [0, 0.1) is 6.92 Å². The molecular weight excluding hydrogens is 370 g/mol. The van der Waals surface area contributed by atoms with Crippen LogP contribution in [0.2, 0.25) is 5.02 Å². The average Bonchev–Trinajstić information content (AvgIpc) is 2.58. The molecule has 2 aromatic carbocycles. The molecule has 7 heteroatoms. The molecule has 0 bridgehead atoms. The lowest BCUT2D eigenvalue weighted by Crippen LogP contribution is -2.45. The van der Waals surface area contributed by atoms with E-state index in [1.807, 2.05) is 13.0 Å². The Morgan fingerprint density at radius 1 is 1.19 bits per heavy atom. The quantitative estimate of drug-likeness (QED) is 0.603. The first-order valence-corrected chi connectivity index (χ1v) is 8.78. The van der Waals surface area contributed by atoms with Crippen LogP contribution < -0.4 is 16.0 Å². The molecule has 4 N–H and O–H groups in total. The smallest absolute Gasteiger partial charge is 0.255 e. The monoisotopic (exact) mass is 387 g/mol. The van der Waals surface area contributed by atoms with Crippen molar-refractivity contribution in [3.63, 3.8) is 0 Å². The van der Waals surface area contributed by atoms with E-state index in [0.717, 1.165) is 11.1 Å².